The van der Waals surface area contributed by atoms with Gasteiger partial charge < -0.3 is 10.1 Å². The van der Waals surface area contributed by atoms with Crippen molar-refractivity contribution >= 4 is 23.2 Å². The summed E-state index contributed by atoms with van der Waals surface area (Å²) in [5.74, 6) is -1.82. The maximum absolute atomic E-state index is 11.9. The van der Waals surface area contributed by atoms with E-state index in [0.717, 1.165) is 18.2 Å². The number of amides is 1. The lowest BCUT2D eigenvalue weighted by molar-refractivity contribution is -0.126. The van der Waals surface area contributed by atoms with Gasteiger partial charge in [-0.25, -0.2) is 0 Å². The lowest BCUT2D eigenvalue weighted by Gasteiger charge is -2.09. The predicted octanol–water partition coefficient (Wildman–Crippen LogP) is 3.15. The van der Waals surface area contributed by atoms with Gasteiger partial charge in [-0.3, -0.25) is 4.79 Å². The van der Waals surface area contributed by atoms with Crippen LogP contribution in [0.4, 0.5) is 23.2 Å². The van der Waals surface area contributed by atoms with Crippen molar-refractivity contribution in [3.8, 4) is 5.75 Å². The molecule has 0 unspecified atom stereocenters. The van der Waals surface area contributed by atoms with Gasteiger partial charge in [0.1, 0.15) is 5.75 Å². The molecule has 1 N–H and O–H groups in total. The zero-order valence-electron chi connectivity index (χ0n) is 8.09. The second kappa shape index (κ2) is 5.72. The van der Waals surface area contributed by atoms with Crippen molar-refractivity contribution in [1.29, 1.82) is 0 Å². The average Bonchev–Trinajstić information content (AvgIpc) is 2.21. The number of nitrogens with one attached hydrogen (secondary N) is 1. The molecular formula is C9H6ClF4NO2. The van der Waals surface area contributed by atoms with E-state index >= 15 is 0 Å². The van der Waals surface area contributed by atoms with Crippen molar-refractivity contribution in [1.82, 2.24) is 0 Å². The Morgan fingerprint density at radius 3 is 2.41 bits per heavy atom. The molecule has 0 radical (unpaired) electrons. The van der Waals surface area contributed by atoms with Gasteiger partial charge in [0.25, 0.3) is 5.91 Å². The third-order valence-corrected chi connectivity index (χ3v) is 1.91. The summed E-state index contributed by atoms with van der Waals surface area (Å²) in [6.07, 6.45) is -3.18. The Labute approximate surface area is 98.3 Å². The number of rotatable bonds is 4. The first-order chi connectivity index (χ1) is 7.90. The highest BCUT2D eigenvalue weighted by molar-refractivity contribution is 6.32. The van der Waals surface area contributed by atoms with E-state index in [9.17, 15) is 22.4 Å². The fourth-order valence-electron chi connectivity index (χ4n) is 0.967. The summed E-state index contributed by atoms with van der Waals surface area (Å²) >= 11 is 5.54. The Bertz CT molecular complexity index is 414. The molecule has 0 bridgehead atoms. The Morgan fingerprint density at radius 2 is 1.94 bits per heavy atom. The van der Waals surface area contributed by atoms with Gasteiger partial charge in [-0.2, -0.15) is 17.6 Å². The number of benzene rings is 1. The SMILES string of the molecule is O=C(Nc1ccc(OC(F)F)c(Cl)c1)C(F)F. The van der Waals surface area contributed by atoms with Gasteiger partial charge in [-0.1, -0.05) is 11.6 Å². The van der Waals surface area contributed by atoms with Gasteiger partial charge in [0.15, 0.2) is 0 Å². The summed E-state index contributed by atoms with van der Waals surface area (Å²) in [7, 11) is 0. The molecular weight excluding hydrogens is 266 g/mol. The van der Waals surface area contributed by atoms with E-state index in [1.165, 1.54) is 0 Å². The van der Waals surface area contributed by atoms with Crippen LogP contribution in [0.25, 0.3) is 0 Å². The third-order valence-electron chi connectivity index (χ3n) is 1.61. The maximum Gasteiger partial charge on any atom is 0.387 e. The molecule has 0 aliphatic carbocycles. The summed E-state index contributed by atoms with van der Waals surface area (Å²) in [6.45, 7) is -3.05. The van der Waals surface area contributed by atoms with E-state index in [0.29, 0.717) is 0 Å². The highest BCUT2D eigenvalue weighted by Gasteiger charge is 2.16. The van der Waals surface area contributed by atoms with Crippen LogP contribution in [-0.2, 0) is 4.79 Å². The predicted molar refractivity (Wildman–Crippen MR) is 52.7 cm³/mol. The van der Waals surface area contributed by atoms with E-state index < -0.39 is 18.9 Å². The second-order valence-corrected chi connectivity index (χ2v) is 3.22. The van der Waals surface area contributed by atoms with Crippen LogP contribution in [0.3, 0.4) is 0 Å². The van der Waals surface area contributed by atoms with Gasteiger partial charge in [-0.05, 0) is 18.2 Å². The Hall–Kier alpha value is -1.50. The van der Waals surface area contributed by atoms with E-state index in [1.54, 1.807) is 0 Å². The van der Waals surface area contributed by atoms with Crippen molar-refractivity contribution in [2.45, 2.75) is 13.0 Å². The van der Waals surface area contributed by atoms with Crippen molar-refractivity contribution < 1.29 is 27.1 Å². The number of carbonyl (C=O) groups is 1. The average molecular weight is 272 g/mol. The topological polar surface area (TPSA) is 38.3 Å². The van der Waals surface area contributed by atoms with Crippen LogP contribution in [0.15, 0.2) is 18.2 Å². The molecule has 0 aliphatic heterocycles. The van der Waals surface area contributed by atoms with Crippen LogP contribution in [0.2, 0.25) is 5.02 Å². The Balaban J connectivity index is 2.78. The van der Waals surface area contributed by atoms with Gasteiger partial charge in [0.2, 0.25) is 0 Å². The molecule has 0 saturated heterocycles. The molecule has 8 heteroatoms. The first-order valence-corrected chi connectivity index (χ1v) is 4.61. The molecule has 0 heterocycles. The molecule has 1 amide bonds. The number of alkyl halides is 4. The van der Waals surface area contributed by atoms with E-state index in [-0.39, 0.29) is 16.5 Å². The first kappa shape index (κ1) is 13.6. The van der Waals surface area contributed by atoms with Gasteiger partial charge in [0.05, 0.1) is 5.02 Å². The van der Waals surface area contributed by atoms with Crippen molar-refractivity contribution in [3.63, 3.8) is 0 Å². The number of hydrogen-bond donors (Lipinski definition) is 1. The molecule has 3 nitrogen and oxygen atoms in total. The molecule has 0 fully saturated rings. The molecule has 1 aromatic carbocycles. The van der Waals surface area contributed by atoms with Crippen LogP contribution in [0.5, 0.6) is 5.75 Å². The van der Waals surface area contributed by atoms with Crippen molar-refractivity contribution in [3.05, 3.63) is 23.2 Å². The van der Waals surface area contributed by atoms with E-state index in [2.05, 4.69) is 4.74 Å². The highest BCUT2D eigenvalue weighted by Crippen LogP contribution is 2.29. The summed E-state index contributed by atoms with van der Waals surface area (Å²) < 4.78 is 51.6. The highest BCUT2D eigenvalue weighted by atomic mass is 35.5. The second-order valence-electron chi connectivity index (χ2n) is 2.81. The lowest BCUT2D eigenvalue weighted by atomic mass is 10.3. The fourth-order valence-corrected chi connectivity index (χ4v) is 1.19. The zero-order chi connectivity index (χ0) is 13.0. The molecule has 0 aromatic heterocycles. The first-order valence-electron chi connectivity index (χ1n) is 4.23. The molecule has 1 aromatic rings. The number of halogens is 5. The van der Waals surface area contributed by atoms with Gasteiger partial charge >= 0.3 is 13.0 Å². The fraction of sp³-hybridized carbons (Fsp3) is 0.222. The summed E-state index contributed by atoms with van der Waals surface area (Å²) in [5, 5.41) is 1.62. The minimum absolute atomic E-state index is 0.0399. The van der Waals surface area contributed by atoms with E-state index in [4.69, 9.17) is 11.6 Å². The molecule has 0 spiro atoms. The molecule has 1 rings (SSSR count). The molecule has 17 heavy (non-hydrogen) atoms. The monoisotopic (exact) mass is 271 g/mol. The summed E-state index contributed by atoms with van der Waals surface area (Å²) in [5.41, 5.74) is -0.0399. The molecule has 0 atom stereocenters. The maximum atomic E-state index is 11.9. The molecule has 0 saturated carbocycles. The number of carbonyl (C=O) groups excluding carboxylic acids is 1. The lowest BCUT2D eigenvalue weighted by Crippen LogP contribution is -2.20. The third kappa shape index (κ3) is 4.10. The molecule has 94 valence electrons. The number of hydrogen-bond acceptors (Lipinski definition) is 2. The van der Waals surface area contributed by atoms with Crippen LogP contribution in [0, 0.1) is 0 Å². The standard InChI is InChI=1S/C9H6ClF4NO2/c10-5-3-4(15-8(16)7(11)12)1-2-6(5)17-9(13)14/h1-3,7,9H,(H,15,16). The smallest absolute Gasteiger partial charge is 0.387 e. The van der Waals surface area contributed by atoms with Gasteiger partial charge in [0, 0.05) is 5.69 Å². The Morgan fingerprint density at radius 1 is 1.29 bits per heavy atom. The summed E-state index contributed by atoms with van der Waals surface area (Å²) in [6, 6.07) is 3.18. The largest absolute Gasteiger partial charge is 0.433 e. The zero-order valence-corrected chi connectivity index (χ0v) is 8.85. The van der Waals surface area contributed by atoms with Crippen LogP contribution in [-0.4, -0.2) is 18.9 Å². The van der Waals surface area contributed by atoms with Crippen molar-refractivity contribution in [2.24, 2.45) is 0 Å². The minimum Gasteiger partial charge on any atom is -0.433 e. The van der Waals surface area contributed by atoms with E-state index in [1.807, 2.05) is 5.32 Å². The normalized spacial score (nSPS) is 10.8. The van der Waals surface area contributed by atoms with Crippen LogP contribution < -0.4 is 10.1 Å². The minimum atomic E-state index is -3.18. The molecule has 0 aliphatic rings. The quantitative estimate of drug-likeness (QED) is 0.855. The van der Waals surface area contributed by atoms with Crippen molar-refractivity contribution in [2.75, 3.05) is 5.32 Å². The van der Waals surface area contributed by atoms with Crippen LogP contribution in [0.1, 0.15) is 0 Å². The number of ether oxygens (including phenoxy) is 1. The van der Waals surface area contributed by atoms with Crippen LogP contribution >= 0.6 is 11.6 Å². The summed E-state index contributed by atoms with van der Waals surface area (Å²) in [4.78, 5) is 10.6. The Kier molecular flexibility index (Phi) is 4.56. The van der Waals surface area contributed by atoms with Gasteiger partial charge in [-0.15, -0.1) is 0 Å². The number of anilines is 1.